The number of hydrogen-bond donors (Lipinski definition) is 1. The second kappa shape index (κ2) is 6.31. The molecular formula is C14H21NO. The van der Waals surface area contributed by atoms with Gasteiger partial charge in [0.1, 0.15) is 0 Å². The Kier molecular flexibility index (Phi) is 5.03. The summed E-state index contributed by atoms with van der Waals surface area (Å²) >= 11 is 0. The largest absolute Gasteiger partial charge is 0.356 e. The van der Waals surface area contributed by atoms with Crippen molar-refractivity contribution in [2.75, 3.05) is 6.54 Å². The minimum Gasteiger partial charge on any atom is -0.356 e. The van der Waals surface area contributed by atoms with Crippen molar-refractivity contribution in [3.8, 4) is 0 Å². The lowest BCUT2D eigenvalue weighted by molar-refractivity contribution is -0.119. The standard InChI is InChI=1S/C14H21NO/c1-4-14(11(2)10-15-12(3)16)13-8-6-5-7-9-13/h5-9,11,14H,4,10H2,1-3H3,(H,15,16). The molecule has 0 aliphatic carbocycles. The topological polar surface area (TPSA) is 29.1 Å². The number of amides is 1. The number of carbonyl (C=O) groups excluding carboxylic acids is 1. The van der Waals surface area contributed by atoms with Crippen LogP contribution in [-0.4, -0.2) is 12.5 Å². The van der Waals surface area contributed by atoms with Crippen molar-refractivity contribution in [2.45, 2.75) is 33.1 Å². The Morgan fingerprint density at radius 1 is 1.31 bits per heavy atom. The zero-order valence-corrected chi connectivity index (χ0v) is 10.4. The van der Waals surface area contributed by atoms with E-state index >= 15 is 0 Å². The lowest BCUT2D eigenvalue weighted by atomic mass is 9.85. The van der Waals surface area contributed by atoms with Gasteiger partial charge in [0.05, 0.1) is 0 Å². The third-order valence-corrected chi connectivity index (χ3v) is 3.03. The maximum atomic E-state index is 10.9. The first-order chi connectivity index (χ1) is 7.65. The minimum atomic E-state index is 0.0507. The molecule has 1 aromatic carbocycles. The maximum absolute atomic E-state index is 10.9. The van der Waals surface area contributed by atoms with Crippen molar-refractivity contribution in [1.29, 1.82) is 0 Å². The van der Waals surface area contributed by atoms with Crippen LogP contribution in [-0.2, 0) is 4.79 Å². The molecule has 0 spiro atoms. The molecule has 1 rings (SSSR count). The summed E-state index contributed by atoms with van der Waals surface area (Å²) in [5, 5.41) is 2.89. The summed E-state index contributed by atoms with van der Waals surface area (Å²) < 4.78 is 0. The minimum absolute atomic E-state index is 0.0507. The first-order valence-electron chi connectivity index (χ1n) is 5.94. The van der Waals surface area contributed by atoms with Crippen molar-refractivity contribution in [3.63, 3.8) is 0 Å². The van der Waals surface area contributed by atoms with Crippen LogP contribution in [0.25, 0.3) is 0 Å². The summed E-state index contributed by atoms with van der Waals surface area (Å²) in [6.07, 6.45) is 1.10. The summed E-state index contributed by atoms with van der Waals surface area (Å²) in [5.74, 6) is 1.04. The molecular weight excluding hydrogens is 198 g/mol. The van der Waals surface area contributed by atoms with Crippen LogP contribution in [0.15, 0.2) is 30.3 Å². The van der Waals surface area contributed by atoms with Gasteiger partial charge in [-0.1, -0.05) is 44.2 Å². The molecule has 88 valence electrons. The van der Waals surface area contributed by atoms with Crippen molar-refractivity contribution >= 4 is 5.91 Å². The van der Waals surface area contributed by atoms with Crippen LogP contribution < -0.4 is 5.32 Å². The molecule has 2 heteroatoms. The predicted octanol–water partition coefficient (Wildman–Crippen LogP) is 2.95. The van der Waals surface area contributed by atoms with Gasteiger partial charge in [0, 0.05) is 13.5 Å². The molecule has 0 saturated heterocycles. The highest BCUT2D eigenvalue weighted by molar-refractivity contribution is 5.72. The molecule has 1 N–H and O–H groups in total. The van der Waals surface area contributed by atoms with Gasteiger partial charge in [-0.05, 0) is 23.8 Å². The second-order valence-electron chi connectivity index (χ2n) is 4.34. The van der Waals surface area contributed by atoms with Crippen molar-refractivity contribution in [1.82, 2.24) is 5.32 Å². The van der Waals surface area contributed by atoms with Gasteiger partial charge in [-0.25, -0.2) is 0 Å². The van der Waals surface area contributed by atoms with E-state index in [0.717, 1.165) is 13.0 Å². The van der Waals surface area contributed by atoms with Crippen LogP contribution in [0.1, 0.15) is 38.7 Å². The van der Waals surface area contributed by atoms with E-state index in [2.05, 4.69) is 43.4 Å². The Morgan fingerprint density at radius 3 is 2.44 bits per heavy atom. The number of benzene rings is 1. The Balaban J connectivity index is 2.63. The van der Waals surface area contributed by atoms with Crippen LogP contribution in [0.4, 0.5) is 0 Å². The van der Waals surface area contributed by atoms with Crippen LogP contribution in [0, 0.1) is 5.92 Å². The highest BCUT2D eigenvalue weighted by Crippen LogP contribution is 2.27. The van der Waals surface area contributed by atoms with E-state index in [4.69, 9.17) is 0 Å². The fraction of sp³-hybridized carbons (Fsp3) is 0.500. The Hall–Kier alpha value is -1.31. The van der Waals surface area contributed by atoms with Gasteiger partial charge in [-0.3, -0.25) is 4.79 Å². The molecule has 0 bridgehead atoms. The van der Waals surface area contributed by atoms with Crippen molar-refractivity contribution < 1.29 is 4.79 Å². The monoisotopic (exact) mass is 219 g/mol. The third-order valence-electron chi connectivity index (χ3n) is 3.03. The molecule has 0 aliphatic rings. The summed E-state index contributed by atoms with van der Waals surface area (Å²) in [6.45, 7) is 6.71. The average Bonchev–Trinajstić information content (AvgIpc) is 2.29. The van der Waals surface area contributed by atoms with E-state index < -0.39 is 0 Å². The molecule has 2 unspecified atom stereocenters. The molecule has 0 aliphatic heterocycles. The van der Waals surface area contributed by atoms with Gasteiger partial charge < -0.3 is 5.32 Å². The predicted molar refractivity (Wildman–Crippen MR) is 67.3 cm³/mol. The zero-order valence-electron chi connectivity index (χ0n) is 10.4. The van der Waals surface area contributed by atoms with Crippen molar-refractivity contribution in [2.24, 2.45) is 5.92 Å². The smallest absolute Gasteiger partial charge is 0.216 e. The Labute approximate surface area is 98.1 Å². The first kappa shape index (κ1) is 12.8. The molecule has 1 amide bonds. The summed E-state index contributed by atoms with van der Waals surface area (Å²) in [4.78, 5) is 10.9. The SMILES string of the molecule is CCC(c1ccccc1)C(C)CNC(C)=O. The van der Waals surface area contributed by atoms with E-state index in [1.165, 1.54) is 5.56 Å². The van der Waals surface area contributed by atoms with Gasteiger partial charge in [0.2, 0.25) is 5.91 Å². The summed E-state index contributed by atoms with van der Waals surface area (Å²) in [7, 11) is 0. The molecule has 0 aromatic heterocycles. The molecule has 2 nitrogen and oxygen atoms in total. The van der Waals surface area contributed by atoms with Gasteiger partial charge in [0.15, 0.2) is 0 Å². The summed E-state index contributed by atoms with van der Waals surface area (Å²) in [6, 6.07) is 10.5. The lowest BCUT2D eigenvalue weighted by Gasteiger charge is -2.23. The normalized spacial score (nSPS) is 14.2. The van der Waals surface area contributed by atoms with Crippen LogP contribution in [0.2, 0.25) is 0 Å². The van der Waals surface area contributed by atoms with Gasteiger partial charge in [-0.2, -0.15) is 0 Å². The van der Waals surface area contributed by atoms with E-state index in [1.54, 1.807) is 6.92 Å². The van der Waals surface area contributed by atoms with E-state index in [1.807, 2.05) is 6.07 Å². The molecule has 0 saturated carbocycles. The van der Waals surface area contributed by atoms with E-state index in [0.29, 0.717) is 11.8 Å². The van der Waals surface area contributed by atoms with Gasteiger partial charge >= 0.3 is 0 Å². The highest BCUT2D eigenvalue weighted by atomic mass is 16.1. The van der Waals surface area contributed by atoms with Gasteiger partial charge in [-0.15, -0.1) is 0 Å². The Morgan fingerprint density at radius 2 is 1.94 bits per heavy atom. The van der Waals surface area contributed by atoms with E-state index in [-0.39, 0.29) is 5.91 Å². The quantitative estimate of drug-likeness (QED) is 0.810. The number of nitrogens with one attached hydrogen (secondary N) is 1. The number of rotatable bonds is 5. The van der Waals surface area contributed by atoms with Crippen LogP contribution in [0.5, 0.6) is 0 Å². The summed E-state index contributed by atoms with van der Waals surface area (Å²) in [5.41, 5.74) is 1.36. The maximum Gasteiger partial charge on any atom is 0.216 e. The second-order valence-corrected chi connectivity index (χ2v) is 4.34. The molecule has 2 atom stereocenters. The van der Waals surface area contributed by atoms with Crippen molar-refractivity contribution in [3.05, 3.63) is 35.9 Å². The van der Waals surface area contributed by atoms with Gasteiger partial charge in [0.25, 0.3) is 0 Å². The molecule has 1 aromatic rings. The van der Waals surface area contributed by atoms with Crippen LogP contribution >= 0.6 is 0 Å². The molecule has 0 heterocycles. The molecule has 0 radical (unpaired) electrons. The fourth-order valence-electron chi connectivity index (χ4n) is 2.11. The third kappa shape index (κ3) is 3.69. The highest BCUT2D eigenvalue weighted by Gasteiger charge is 2.17. The van der Waals surface area contributed by atoms with Crippen LogP contribution in [0.3, 0.4) is 0 Å². The van der Waals surface area contributed by atoms with E-state index in [9.17, 15) is 4.79 Å². The lowest BCUT2D eigenvalue weighted by Crippen LogP contribution is -2.28. The zero-order chi connectivity index (χ0) is 12.0. The number of hydrogen-bond acceptors (Lipinski definition) is 1. The average molecular weight is 219 g/mol. The Bertz CT molecular complexity index is 321. The fourth-order valence-corrected chi connectivity index (χ4v) is 2.11. The molecule has 0 fully saturated rings. The molecule has 16 heavy (non-hydrogen) atoms. The first-order valence-corrected chi connectivity index (χ1v) is 5.94. The number of carbonyl (C=O) groups is 1.